The van der Waals surface area contributed by atoms with Crippen molar-refractivity contribution in [3.8, 4) is 0 Å². The molecule has 0 saturated heterocycles. The lowest BCUT2D eigenvalue weighted by Gasteiger charge is -2.32. The van der Waals surface area contributed by atoms with E-state index in [1.165, 1.54) is 4.90 Å². The summed E-state index contributed by atoms with van der Waals surface area (Å²) in [7, 11) is -4.29. The number of rotatable bonds is 10. The number of para-hydroxylation sites is 1. The Kier molecular flexibility index (Phi) is 9.76. The zero-order valence-electron chi connectivity index (χ0n) is 21.1. The Bertz CT molecular complexity index is 1370. The number of hydrogen-bond donors (Lipinski definition) is 1. The highest BCUT2D eigenvalue weighted by atomic mass is 35.5. The Balaban J connectivity index is 2.04. The highest BCUT2D eigenvalue weighted by molar-refractivity contribution is 7.92. The molecule has 7 nitrogen and oxygen atoms in total. The SMILES string of the molecule is CC(C)NC(=O)[C@H](C)N(Cc1c(Cl)cccc1Cl)C(=O)CN(c1ccccc1)S(=O)(=O)c1ccc(F)cc1. The summed E-state index contributed by atoms with van der Waals surface area (Å²) < 4.78 is 41.7. The standard InChI is InChI=1S/C27H28Cl2FN3O4S/c1-18(2)31-27(35)19(3)32(16-23-24(28)10-7-11-25(23)29)26(34)17-33(21-8-5-4-6-9-21)38(36,37)22-14-12-20(30)13-15-22/h4-15,18-19H,16-17H2,1-3H3,(H,31,35)/t19-/m0/s1. The maximum Gasteiger partial charge on any atom is 0.264 e. The summed E-state index contributed by atoms with van der Waals surface area (Å²) in [5.41, 5.74) is 0.640. The van der Waals surface area contributed by atoms with E-state index < -0.39 is 40.2 Å². The van der Waals surface area contributed by atoms with Crippen molar-refractivity contribution < 1.29 is 22.4 Å². The molecule has 0 fully saturated rings. The molecule has 1 N–H and O–H groups in total. The lowest BCUT2D eigenvalue weighted by molar-refractivity contribution is -0.139. The second-order valence-electron chi connectivity index (χ2n) is 8.86. The summed E-state index contributed by atoms with van der Waals surface area (Å²) in [5, 5.41) is 3.37. The highest BCUT2D eigenvalue weighted by Gasteiger charge is 2.33. The van der Waals surface area contributed by atoms with Crippen LogP contribution < -0.4 is 9.62 Å². The van der Waals surface area contributed by atoms with Crippen molar-refractivity contribution in [2.24, 2.45) is 0 Å². The van der Waals surface area contributed by atoms with Crippen LogP contribution in [0.5, 0.6) is 0 Å². The molecule has 2 amide bonds. The number of sulfonamides is 1. The Labute approximate surface area is 232 Å². The van der Waals surface area contributed by atoms with Crippen LogP contribution >= 0.6 is 23.2 Å². The minimum Gasteiger partial charge on any atom is -0.352 e. The first-order chi connectivity index (χ1) is 17.9. The largest absolute Gasteiger partial charge is 0.352 e. The van der Waals surface area contributed by atoms with Gasteiger partial charge in [0.05, 0.1) is 10.6 Å². The molecule has 0 aliphatic heterocycles. The van der Waals surface area contributed by atoms with Crippen LogP contribution in [0, 0.1) is 5.82 Å². The zero-order chi connectivity index (χ0) is 28.0. The molecule has 38 heavy (non-hydrogen) atoms. The fraction of sp³-hybridized carbons (Fsp3) is 0.259. The molecule has 0 unspecified atom stereocenters. The summed E-state index contributed by atoms with van der Waals surface area (Å²) in [6.07, 6.45) is 0. The van der Waals surface area contributed by atoms with Crippen LogP contribution in [-0.2, 0) is 26.2 Å². The van der Waals surface area contributed by atoms with Gasteiger partial charge >= 0.3 is 0 Å². The van der Waals surface area contributed by atoms with Crippen molar-refractivity contribution in [3.63, 3.8) is 0 Å². The molecule has 0 aromatic heterocycles. The number of nitrogens with one attached hydrogen (secondary N) is 1. The van der Waals surface area contributed by atoms with Gasteiger partial charge in [0.25, 0.3) is 10.0 Å². The van der Waals surface area contributed by atoms with Crippen molar-refractivity contribution in [1.82, 2.24) is 10.2 Å². The van der Waals surface area contributed by atoms with Crippen molar-refractivity contribution in [2.45, 2.75) is 44.3 Å². The molecule has 0 aliphatic rings. The van der Waals surface area contributed by atoms with Gasteiger partial charge < -0.3 is 10.2 Å². The van der Waals surface area contributed by atoms with Gasteiger partial charge in [-0.3, -0.25) is 13.9 Å². The monoisotopic (exact) mass is 579 g/mol. The van der Waals surface area contributed by atoms with Gasteiger partial charge in [-0.05, 0) is 69.3 Å². The summed E-state index contributed by atoms with van der Waals surface area (Å²) in [6.45, 7) is 4.35. The number of benzene rings is 3. The van der Waals surface area contributed by atoms with E-state index in [9.17, 15) is 22.4 Å². The van der Waals surface area contributed by atoms with Gasteiger partial charge in [0.1, 0.15) is 18.4 Å². The van der Waals surface area contributed by atoms with Gasteiger partial charge in [-0.15, -0.1) is 0 Å². The Morgan fingerprint density at radius 2 is 1.47 bits per heavy atom. The van der Waals surface area contributed by atoms with E-state index in [1.807, 2.05) is 0 Å². The minimum atomic E-state index is -4.29. The van der Waals surface area contributed by atoms with E-state index in [-0.39, 0.29) is 23.2 Å². The number of halogens is 3. The Morgan fingerprint density at radius 1 is 0.895 bits per heavy atom. The number of amides is 2. The molecule has 0 bridgehead atoms. The Hall–Kier alpha value is -3.14. The number of hydrogen-bond acceptors (Lipinski definition) is 4. The molecule has 11 heteroatoms. The number of carbonyl (C=O) groups excluding carboxylic acids is 2. The zero-order valence-corrected chi connectivity index (χ0v) is 23.4. The smallest absolute Gasteiger partial charge is 0.264 e. The molecule has 0 aliphatic carbocycles. The second kappa shape index (κ2) is 12.6. The fourth-order valence-electron chi connectivity index (χ4n) is 3.70. The normalized spacial score (nSPS) is 12.2. The van der Waals surface area contributed by atoms with Crippen LogP contribution in [0.3, 0.4) is 0 Å². The molecular weight excluding hydrogens is 552 g/mol. The molecular formula is C27H28Cl2FN3O4S. The lowest BCUT2D eigenvalue weighted by atomic mass is 10.1. The summed E-state index contributed by atoms with van der Waals surface area (Å²) in [6, 6.07) is 16.1. The molecule has 0 heterocycles. The van der Waals surface area contributed by atoms with Gasteiger partial charge in [-0.2, -0.15) is 0 Å². The average Bonchev–Trinajstić information content (AvgIpc) is 2.87. The first-order valence-corrected chi connectivity index (χ1v) is 14.0. The first kappa shape index (κ1) is 29.4. The maximum atomic E-state index is 13.8. The van der Waals surface area contributed by atoms with Crippen LogP contribution in [0.2, 0.25) is 10.0 Å². The Morgan fingerprint density at radius 3 is 2.03 bits per heavy atom. The van der Waals surface area contributed by atoms with Gasteiger partial charge in [0.2, 0.25) is 11.8 Å². The molecule has 3 aromatic rings. The van der Waals surface area contributed by atoms with Crippen LogP contribution in [0.15, 0.2) is 77.7 Å². The molecule has 0 spiro atoms. The van der Waals surface area contributed by atoms with E-state index in [0.29, 0.717) is 15.6 Å². The number of anilines is 1. The van der Waals surface area contributed by atoms with Crippen molar-refractivity contribution in [3.05, 3.63) is 94.2 Å². The molecule has 0 saturated carbocycles. The predicted molar refractivity (Wildman–Crippen MR) is 147 cm³/mol. The van der Waals surface area contributed by atoms with E-state index >= 15 is 0 Å². The molecule has 3 aromatic carbocycles. The van der Waals surface area contributed by atoms with Crippen molar-refractivity contribution >= 4 is 50.7 Å². The van der Waals surface area contributed by atoms with Crippen LogP contribution in [-0.4, -0.2) is 43.8 Å². The van der Waals surface area contributed by atoms with Crippen LogP contribution in [0.1, 0.15) is 26.3 Å². The third-order valence-corrected chi connectivity index (χ3v) is 8.21. The van der Waals surface area contributed by atoms with Crippen molar-refractivity contribution in [1.29, 1.82) is 0 Å². The minimum absolute atomic E-state index is 0.136. The average molecular weight is 581 g/mol. The van der Waals surface area contributed by atoms with E-state index in [1.54, 1.807) is 69.3 Å². The van der Waals surface area contributed by atoms with Gasteiger partial charge in [-0.1, -0.05) is 47.5 Å². The molecule has 3 rings (SSSR count). The fourth-order valence-corrected chi connectivity index (χ4v) is 5.63. The quantitative estimate of drug-likeness (QED) is 0.354. The van der Waals surface area contributed by atoms with Gasteiger partial charge in [0.15, 0.2) is 0 Å². The summed E-state index contributed by atoms with van der Waals surface area (Å²) in [5.74, 6) is -1.69. The van der Waals surface area contributed by atoms with Crippen LogP contribution in [0.25, 0.3) is 0 Å². The van der Waals surface area contributed by atoms with Gasteiger partial charge in [0, 0.05) is 28.2 Å². The maximum absolute atomic E-state index is 13.8. The van der Waals surface area contributed by atoms with Gasteiger partial charge in [-0.25, -0.2) is 12.8 Å². The summed E-state index contributed by atoms with van der Waals surface area (Å²) in [4.78, 5) is 27.8. The van der Waals surface area contributed by atoms with E-state index in [4.69, 9.17) is 23.2 Å². The topological polar surface area (TPSA) is 86.8 Å². The molecule has 1 atom stereocenters. The van der Waals surface area contributed by atoms with E-state index in [0.717, 1.165) is 28.6 Å². The highest BCUT2D eigenvalue weighted by Crippen LogP contribution is 2.28. The first-order valence-electron chi connectivity index (χ1n) is 11.8. The van der Waals surface area contributed by atoms with E-state index in [2.05, 4.69) is 5.32 Å². The second-order valence-corrected chi connectivity index (χ2v) is 11.5. The number of nitrogens with zero attached hydrogens (tertiary/aromatic N) is 2. The summed E-state index contributed by atoms with van der Waals surface area (Å²) >= 11 is 12.7. The molecule has 0 radical (unpaired) electrons. The third-order valence-electron chi connectivity index (χ3n) is 5.71. The lowest BCUT2D eigenvalue weighted by Crippen LogP contribution is -2.52. The predicted octanol–water partition coefficient (Wildman–Crippen LogP) is 5.27. The number of carbonyl (C=O) groups is 2. The molecule has 202 valence electrons. The third kappa shape index (κ3) is 7.03. The van der Waals surface area contributed by atoms with Crippen molar-refractivity contribution in [2.75, 3.05) is 10.8 Å². The van der Waals surface area contributed by atoms with Crippen LogP contribution in [0.4, 0.5) is 10.1 Å².